The predicted octanol–water partition coefficient (Wildman–Crippen LogP) is 1.11. The minimum atomic E-state index is 0.813. The third-order valence-electron chi connectivity index (χ3n) is 4.85. The van der Waals surface area contributed by atoms with Crippen LogP contribution in [0.2, 0.25) is 0 Å². The van der Waals surface area contributed by atoms with Crippen molar-refractivity contribution in [2.75, 3.05) is 36.0 Å². The normalized spacial score (nSPS) is 15.3. The molecule has 0 aliphatic carbocycles. The summed E-state index contributed by atoms with van der Waals surface area (Å²) in [5.74, 6) is 2.85. The van der Waals surface area contributed by atoms with Gasteiger partial charge in [-0.2, -0.15) is 9.61 Å². The van der Waals surface area contributed by atoms with E-state index >= 15 is 0 Å². The SMILES string of the molecule is Cc1cc(N2CCN(c3nccn4c(C)nnc34)CC2)n2nccc2n1. The van der Waals surface area contributed by atoms with Crippen molar-refractivity contribution < 1.29 is 0 Å². The number of fused-ring (bicyclic) bond motifs is 2. The fourth-order valence-corrected chi connectivity index (χ4v) is 3.54. The summed E-state index contributed by atoms with van der Waals surface area (Å²) in [6.07, 6.45) is 5.50. The number of rotatable bonds is 2. The standard InChI is InChI=1S/C17H19N9/c1-12-11-15(26-14(20-12)3-4-19-26)23-7-9-24(10-8-23)16-17-22-21-13(2)25(17)6-5-18-16/h3-6,11H,7-10H2,1-2H3. The van der Waals surface area contributed by atoms with Crippen molar-refractivity contribution in [3.63, 3.8) is 0 Å². The Morgan fingerprint density at radius 3 is 2.62 bits per heavy atom. The van der Waals surface area contributed by atoms with E-state index in [4.69, 9.17) is 0 Å². The van der Waals surface area contributed by atoms with E-state index in [2.05, 4.69) is 41.1 Å². The van der Waals surface area contributed by atoms with Crippen LogP contribution in [0.5, 0.6) is 0 Å². The molecule has 9 heteroatoms. The third kappa shape index (κ3) is 2.27. The first-order valence-corrected chi connectivity index (χ1v) is 8.68. The highest BCUT2D eigenvalue weighted by Gasteiger charge is 2.23. The first-order valence-electron chi connectivity index (χ1n) is 8.68. The molecule has 0 saturated carbocycles. The zero-order chi connectivity index (χ0) is 17.7. The van der Waals surface area contributed by atoms with Crippen molar-refractivity contribution in [1.82, 2.24) is 34.2 Å². The Morgan fingerprint density at radius 1 is 0.962 bits per heavy atom. The lowest BCUT2D eigenvalue weighted by Gasteiger charge is -2.36. The average Bonchev–Trinajstić information content (AvgIpc) is 3.28. The molecule has 1 saturated heterocycles. The zero-order valence-corrected chi connectivity index (χ0v) is 14.7. The van der Waals surface area contributed by atoms with Crippen LogP contribution in [0, 0.1) is 13.8 Å². The largest absolute Gasteiger partial charge is 0.353 e. The second kappa shape index (κ2) is 5.65. The molecule has 4 aromatic heterocycles. The maximum Gasteiger partial charge on any atom is 0.203 e. The molecule has 0 bridgehead atoms. The number of hydrogen-bond acceptors (Lipinski definition) is 7. The molecule has 5 heterocycles. The molecule has 0 aromatic carbocycles. The van der Waals surface area contributed by atoms with Crippen LogP contribution >= 0.6 is 0 Å². The smallest absolute Gasteiger partial charge is 0.203 e. The first kappa shape index (κ1) is 15.1. The first-order chi connectivity index (χ1) is 12.7. The minimum absolute atomic E-state index is 0.813. The van der Waals surface area contributed by atoms with Gasteiger partial charge in [0.25, 0.3) is 0 Å². The van der Waals surface area contributed by atoms with E-state index in [9.17, 15) is 0 Å². The molecule has 0 amide bonds. The molecule has 1 aliphatic heterocycles. The van der Waals surface area contributed by atoms with Crippen LogP contribution in [0.15, 0.2) is 30.7 Å². The van der Waals surface area contributed by atoms with Gasteiger partial charge in [0.15, 0.2) is 11.5 Å². The molecule has 0 radical (unpaired) electrons. The number of aryl methyl sites for hydroxylation is 2. The molecule has 132 valence electrons. The predicted molar refractivity (Wildman–Crippen MR) is 97.7 cm³/mol. The number of nitrogens with zero attached hydrogens (tertiary/aromatic N) is 9. The minimum Gasteiger partial charge on any atom is -0.353 e. The van der Waals surface area contributed by atoms with Gasteiger partial charge < -0.3 is 9.80 Å². The lowest BCUT2D eigenvalue weighted by Crippen LogP contribution is -2.47. The van der Waals surface area contributed by atoms with Gasteiger partial charge in [-0.25, -0.2) is 9.97 Å². The Labute approximate surface area is 149 Å². The molecule has 0 N–H and O–H groups in total. The van der Waals surface area contributed by atoms with Gasteiger partial charge in [-0.05, 0) is 13.8 Å². The van der Waals surface area contributed by atoms with E-state index in [0.29, 0.717) is 0 Å². The van der Waals surface area contributed by atoms with Crippen LogP contribution in [0.1, 0.15) is 11.5 Å². The van der Waals surface area contributed by atoms with Gasteiger partial charge >= 0.3 is 0 Å². The molecule has 26 heavy (non-hydrogen) atoms. The molecule has 0 spiro atoms. The van der Waals surface area contributed by atoms with Crippen LogP contribution in [0.25, 0.3) is 11.3 Å². The Hall–Kier alpha value is -3.23. The maximum atomic E-state index is 4.55. The second-order valence-electron chi connectivity index (χ2n) is 6.52. The van der Waals surface area contributed by atoms with Crippen LogP contribution in [0.3, 0.4) is 0 Å². The Bertz CT molecular complexity index is 1090. The van der Waals surface area contributed by atoms with Gasteiger partial charge in [-0.1, -0.05) is 0 Å². The van der Waals surface area contributed by atoms with Crippen molar-refractivity contribution in [1.29, 1.82) is 0 Å². The molecular weight excluding hydrogens is 330 g/mol. The van der Waals surface area contributed by atoms with Gasteiger partial charge in [0.2, 0.25) is 5.65 Å². The summed E-state index contributed by atoms with van der Waals surface area (Å²) in [4.78, 5) is 13.7. The lowest BCUT2D eigenvalue weighted by atomic mass is 10.3. The Kier molecular flexibility index (Phi) is 3.27. The monoisotopic (exact) mass is 349 g/mol. The van der Waals surface area contributed by atoms with Crippen molar-refractivity contribution >= 4 is 22.9 Å². The zero-order valence-electron chi connectivity index (χ0n) is 14.7. The molecular formula is C17H19N9. The third-order valence-corrected chi connectivity index (χ3v) is 4.85. The quantitative estimate of drug-likeness (QED) is 0.536. The molecule has 0 unspecified atom stereocenters. The fraction of sp³-hybridized carbons (Fsp3) is 0.353. The molecule has 4 aromatic rings. The molecule has 1 fully saturated rings. The van der Waals surface area contributed by atoms with Crippen molar-refractivity contribution in [2.24, 2.45) is 0 Å². The summed E-state index contributed by atoms with van der Waals surface area (Å²) in [6.45, 7) is 7.46. The molecule has 5 rings (SSSR count). The van der Waals surface area contributed by atoms with Crippen molar-refractivity contribution in [3.05, 3.63) is 42.2 Å². The summed E-state index contributed by atoms with van der Waals surface area (Å²) < 4.78 is 3.89. The van der Waals surface area contributed by atoms with Gasteiger partial charge in [0.1, 0.15) is 11.6 Å². The van der Waals surface area contributed by atoms with Crippen molar-refractivity contribution in [2.45, 2.75) is 13.8 Å². The number of piperazine rings is 1. The summed E-state index contributed by atoms with van der Waals surface area (Å²) in [6, 6.07) is 4.03. The highest BCUT2D eigenvalue weighted by Crippen LogP contribution is 2.22. The molecule has 1 aliphatic rings. The summed E-state index contributed by atoms with van der Waals surface area (Å²) in [5.41, 5.74) is 2.70. The Morgan fingerprint density at radius 2 is 1.77 bits per heavy atom. The van der Waals surface area contributed by atoms with Gasteiger partial charge in [0, 0.05) is 56.4 Å². The average molecular weight is 349 g/mol. The van der Waals surface area contributed by atoms with Crippen molar-refractivity contribution in [3.8, 4) is 0 Å². The van der Waals surface area contributed by atoms with Crippen LogP contribution < -0.4 is 9.80 Å². The van der Waals surface area contributed by atoms with Crippen LogP contribution in [-0.4, -0.2) is 60.4 Å². The van der Waals surface area contributed by atoms with Gasteiger partial charge in [-0.15, -0.1) is 10.2 Å². The van der Waals surface area contributed by atoms with E-state index in [1.165, 1.54) is 0 Å². The van der Waals surface area contributed by atoms with Crippen LogP contribution in [0.4, 0.5) is 11.6 Å². The van der Waals surface area contributed by atoms with Crippen LogP contribution in [-0.2, 0) is 0 Å². The van der Waals surface area contributed by atoms with E-state index in [0.717, 1.165) is 60.6 Å². The highest BCUT2D eigenvalue weighted by molar-refractivity contribution is 5.64. The van der Waals surface area contributed by atoms with E-state index in [1.54, 1.807) is 6.20 Å². The number of aromatic nitrogens is 7. The van der Waals surface area contributed by atoms with Gasteiger partial charge in [-0.3, -0.25) is 4.40 Å². The summed E-state index contributed by atoms with van der Waals surface area (Å²) >= 11 is 0. The molecule has 0 atom stereocenters. The maximum absolute atomic E-state index is 4.55. The molecule has 9 nitrogen and oxygen atoms in total. The summed E-state index contributed by atoms with van der Waals surface area (Å²) in [7, 11) is 0. The van der Waals surface area contributed by atoms with Gasteiger partial charge in [0.05, 0.1) is 6.20 Å². The fourth-order valence-electron chi connectivity index (χ4n) is 3.54. The summed E-state index contributed by atoms with van der Waals surface area (Å²) in [5, 5.41) is 12.9. The second-order valence-corrected chi connectivity index (χ2v) is 6.52. The topological polar surface area (TPSA) is 79.8 Å². The van der Waals surface area contributed by atoms with E-state index in [1.807, 2.05) is 41.2 Å². The highest BCUT2D eigenvalue weighted by atomic mass is 15.4. The number of hydrogen-bond donors (Lipinski definition) is 0. The lowest BCUT2D eigenvalue weighted by molar-refractivity contribution is 0.633. The van der Waals surface area contributed by atoms with E-state index in [-0.39, 0.29) is 0 Å². The Balaban J connectivity index is 1.43. The van der Waals surface area contributed by atoms with E-state index < -0.39 is 0 Å². The number of anilines is 2.